The molecule has 1 aliphatic rings. The number of carbonyl (C=O) groups excluding carboxylic acids is 1. The number of carbonyl (C=O) groups is 2. The van der Waals surface area contributed by atoms with Crippen molar-refractivity contribution >= 4 is 11.8 Å². The Labute approximate surface area is 110 Å². The first-order valence-corrected chi connectivity index (χ1v) is 7.42. The van der Waals surface area contributed by atoms with E-state index in [1.165, 1.54) is 32.1 Å². The van der Waals surface area contributed by atoms with Gasteiger partial charge < -0.3 is 5.11 Å². The molecule has 0 aromatic carbocycles. The van der Waals surface area contributed by atoms with Crippen molar-refractivity contribution in [3.8, 4) is 0 Å². The van der Waals surface area contributed by atoms with Crippen LogP contribution in [0.4, 0.5) is 0 Å². The number of hydrogen-bond acceptors (Lipinski definition) is 2. The summed E-state index contributed by atoms with van der Waals surface area (Å²) in [6.07, 6.45) is 10.4. The third kappa shape index (κ3) is 4.79. The smallest absolute Gasteiger partial charge is 0.307 e. The molecular formula is C15H26O3. The number of unbranched alkanes of at least 4 members (excludes halogenated alkanes) is 6. The van der Waals surface area contributed by atoms with Crippen molar-refractivity contribution in [3.63, 3.8) is 0 Å². The summed E-state index contributed by atoms with van der Waals surface area (Å²) in [4.78, 5) is 22.5. The van der Waals surface area contributed by atoms with Gasteiger partial charge in [-0.15, -0.1) is 0 Å². The number of aliphatic carboxylic acids is 1. The quantitative estimate of drug-likeness (QED) is 0.603. The second kappa shape index (κ2) is 8.28. The summed E-state index contributed by atoms with van der Waals surface area (Å²) in [5.41, 5.74) is 0. The lowest BCUT2D eigenvalue weighted by Gasteiger charge is -2.29. The average Bonchev–Trinajstić information content (AvgIpc) is 2.34. The Kier molecular flexibility index (Phi) is 6.99. The normalized spacial score (nSPS) is 20.5. The molecular weight excluding hydrogens is 228 g/mol. The minimum atomic E-state index is -0.779. The Balaban J connectivity index is 2.11. The fraction of sp³-hybridized carbons (Fsp3) is 0.867. The zero-order valence-electron chi connectivity index (χ0n) is 11.5. The van der Waals surface area contributed by atoms with Crippen molar-refractivity contribution in [2.75, 3.05) is 0 Å². The molecule has 0 unspecified atom stereocenters. The SMILES string of the molecule is CCCCCCCCC[C@H](C(=O)O)[C@@H]1CCC1=O. The van der Waals surface area contributed by atoms with Crippen LogP contribution in [0, 0.1) is 11.8 Å². The molecule has 1 fully saturated rings. The number of ketones is 1. The third-order valence-electron chi connectivity index (χ3n) is 4.04. The molecule has 0 bridgehead atoms. The first kappa shape index (κ1) is 15.2. The predicted octanol–water partition coefficient (Wildman–Crippen LogP) is 3.81. The van der Waals surface area contributed by atoms with Crippen molar-refractivity contribution in [1.82, 2.24) is 0 Å². The highest BCUT2D eigenvalue weighted by Crippen LogP contribution is 2.33. The summed E-state index contributed by atoms with van der Waals surface area (Å²) >= 11 is 0. The van der Waals surface area contributed by atoms with Crippen LogP contribution in [0.2, 0.25) is 0 Å². The van der Waals surface area contributed by atoms with Gasteiger partial charge in [0.05, 0.1) is 5.92 Å². The molecule has 104 valence electrons. The highest BCUT2D eigenvalue weighted by Gasteiger charge is 2.38. The summed E-state index contributed by atoms with van der Waals surface area (Å²) in [7, 11) is 0. The third-order valence-corrected chi connectivity index (χ3v) is 4.04. The maximum atomic E-state index is 11.3. The lowest BCUT2D eigenvalue weighted by Crippen LogP contribution is -2.36. The lowest BCUT2D eigenvalue weighted by molar-refractivity contribution is -0.150. The van der Waals surface area contributed by atoms with Crippen LogP contribution in [0.5, 0.6) is 0 Å². The van der Waals surface area contributed by atoms with Gasteiger partial charge in [0, 0.05) is 12.3 Å². The van der Waals surface area contributed by atoms with E-state index < -0.39 is 11.9 Å². The van der Waals surface area contributed by atoms with Crippen molar-refractivity contribution in [3.05, 3.63) is 0 Å². The number of Topliss-reactive ketones (excluding diaryl/α,β-unsaturated/α-hetero) is 1. The molecule has 0 saturated heterocycles. The maximum Gasteiger partial charge on any atom is 0.307 e. The molecule has 18 heavy (non-hydrogen) atoms. The van der Waals surface area contributed by atoms with E-state index in [4.69, 9.17) is 5.11 Å². The Bertz CT molecular complexity index is 273. The van der Waals surface area contributed by atoms with E-state index in [-0.39, 0.29) is 11.7 Å². The zero-order chi connectivity index (χ0) is 13.4. The molecule has 0 radical (unpaired) electrons. The van der Waals surface area contributed by atoms with Gasteiger partial charge in [-0.1, -0.05) is 51.9 Å². The van der Waals surface area contributed by atoms with E-state index in [1.54, 1.807) is 0 Å². The van der Waals surface area contributed by atoms with Crippen molar-refractivity contribution in [2.24, 2.45) is 11.8 Å². The van der Waals surface area contributed by atoms with E-state index in [9.17, 15) is 9.59 Å². The number of rotatable bonds is 10. The second-order valence-electron chi connectivity index (χ2n) is 5.47. The van der Waals surface area contributed by atoms with Crippen LogP contribution >= 0.6 is 0 Å². The summed E-state index contributed by atoms with van der Waals surface area (Å²) in [6, 6.07) is 0. The first-order chi connectivity index (χ1) is 8.66. The summed E-state index contributed by atoms with van der Waals surface area (Å²) in [6.45, 7) is 2.20. The van der Waals surface area contributed by atoms with Gasteiger partial charge in [0.2, 0.25) is 0 Å². The van der Waals surface area contributed by atoms with Gasteiger partial charge in [-0.25, -0.2) is 0 Å². The Morgan fingerprint density at radius 2 is 1.83 bits per heavy atom. The summed E-state index contributed by atoms with van der Waals surface area (Å²) < 4.78 is 0. The van der Waals surface area contributed by atoms with Gasteiger partial charge in [-0.3, -0.25) is 9.59 Å². The zero-order valence-corrected chi connectivity index (χ0v) is 11.5. The standard InChI is InChI=1S/C15H26O3/c1-2-3-4-5-6-7-8-9-13(15(17)18)12-10-11-14(12)16/h12-13H,2-11H2,1H3,(H,17,18)/t12-,13-/m0/s1. The van der Waals surface area contributed by atoms with Gasteiger partial charge >= 0.3 is 5.97 Å². The molecule has 0 spiro atoms. The molecule has 1 saturated carbocycles. The number of hydrogen-bond donors (Lipinski definition) is 1. The van der Waals surface area contributed by atoms with E-state index in [0.717, 1.165) is 19.3 Å². The summed E-state index contributed by atoms with van der Waals surface area (Å²) in [5.74, 6) is -1.21. The van der Waals surface area contributed by atoms with Crippen LogP contribution < -0.4 is 0 Å². The Hall–Kier alpha value is -0.860. The van der Waals surface area contributed by atoms with Crippen LogP contribution in [-0.2, 0) is 9.59 Å². The highest BCUT2D eigenvalue weighted by atomic mass is 16.4. The molecule has 1 N–H and O–H groups in total. The van der Waals surface area contributed by atoms with Crippen LogP contribution in [0.25, 0.3) is 0 Å². The van der Waals surface area contributed by atoms with E-state index in [2.05, 4.69) is 6.92 Å². The van der Waals surface area contributed by atoms with Crippen LogP contribution in [-0.4, -0.2) is 16.9 Å². The van der Waals surface area contributed by atoms with Gasteiger partial charge in [-0.2, -0.15) is 0 Å². The van der Waals surface area contributed by atoms with Crippen LogP contribution in [0.3, 0.4) is 0 Å². The molecule has 0 aromatic rings. The fourth-order valence-electron chi connectivity index (χ4n) is 2.67. The first-order valence-electron chi connectivity index (χ1n) is 7.42. The largest absolute Gasteiger partial charge is 0.481 e. The Morgan fingerprint density at radius 3 is 2.28 bits per heavy atom. The molecule has 3 heteroatoms. The van der Waals surface area contributed by atoms with Gasteiger partial charge in [0.15, 0.2) is 0 Å². The van der Waals surface area contributed by atoms with Gasteiger partial charge in [0.1, 0.15) is 5.78 Å². The van der Waals surface area contributed by atoms with E-state index >= 15 is 0 Å². The van der Waals surface area contributed by atoms with Crippen molar-refractivity contribution < 1.29 is 14.7 Å². The lowest BCUT2D eigenvalue weighted by atomic mass is 9.73. The second-order valence-corrected chi connectivity index (χ2v) is 5.47. The molecule has 0 aliphatic heterocycles. The number of carboxylic acid groups (broad SMARTS) is 1. The minimum Gasteiger partial charge on any atom is -0.481 e. The predicted molar refractivity (Wildman–Crippen MR) is 71.5 cm³/mol. The van der Waals surface area contributed by atoms with Gasteiger partial charge in [0.25, 0.3) is 0 Å². The van der Waals surface area contributed by atoms with Crippen LogP contribution in [0.15, 0.2) is 0 Å². The molecule has 0 aromatic heterocycles. The minimum absolute atomic E-state index is 0.158. The van der Waals surface area contributed by atoms with Crippen LogP contribution in [0.1, 0.15) is 71.1 Å². The van der Waals surface area contributed by atoms with Crippen molar-refractivity contribution in [2.45, 2.75) is 71.1 Å². The average molecular weight is 254 g/mol. The number of carboxylic acids is 1. The highest BCUT2D eigenvalue weighted by molar-refractivity contribution is 5.90. The van der Waals surface area contributed by atoms with E-state index in [0.29, 0.717) is 12.8 Å². The van der Waals surface area contributed by atoms with Gasteiger partial charge in [-0.05, 0) is 12.8 Å². The fourth-order valence-corrected chi connectivity index (χ4v) is 2.67. The summed E-state index contributed by atoms with van der Waals surface area (Å²) in [5, 5.41) is 9.15. The molecule has 0 heterocycles. The maximum absolute atomic E-state index is 11.3. The monoisotopic (exact) mass is 254 g/mol. The van der Waals surface area contributed by atoms with E-state index in [1.807, 2.05) is 0 Å². The molecule has 2 atom stereocenters. The Morgan fingerprint density at radius 1 is 1.22 bits per heavy atom. The molecule has 1 aliphatic carbocycles. The molecule has 1 rings (SSSR count). The molecule has 0 amide bonds. The molecule has 3 nitrogen and oxygen atoms in total. The topological polar surface area (TPSA) is 54.4 Å². The van der Waals surface area contributed by atoms with Crippen molar-refractivity contribution in [1.29, 1.82) is 0 Å².